The number of halogens is 2. The van der Waals surface area contributed by atoms with Gasteiger partial charge in [-0.3, -0.25) is 0 Å². The SMILES string of the molecule is O=CCc1cccc(C(F)(F)P)c1. The minimum atomic E-state index is -2.92. The van der Waals surface area contributed by atoms with Gasteiger partial charge >= 0.3 is 0 Å². The van der Waals surface area contributed by atoms with Gasteiger partial charge in [-0.05, 0) is 11.6 Å². The van der Waals surface area contributed by atoms with Crippen molar-refractivity contribution in [2.75, 3.05) is 0 Å². The van der Waals surface area contributed by atoms with Crippen molar-refractivity contribution in [2.45, 2.75) is 12.1 Å². The van der Waals surface area contributed by atoms with Gasteiger partial charge in [0.2, 0.25) is 0 Å². The number of benzene rings is 1. The second-order valence-electron chi connectivity index (χ2n) is 2.69. The maximum atomic E-state index is 12.7. The van der Waals surface area contributed by atoms with E-state index in [1.165, 1.54) is 27.4 Å². The second kappa shape index (κ2) is 3.93. The van der Waals surface area contributed by atoms with Crippen molar-refractivity contribution >= 4 is 15.5 Å². The third kappa shape index (κ3) is 2.85. The van der Waals surface area contributed by atoms with E-state index in [1.54, 1.807) is 6.07 Å². The molecule has 0 aliphatic carbocycles. The van der Waals surface area contributed by atoms with E-state index in [4.69, 9.17) is 0 Å². The fraction of sp³-hybridized carbons (Fsp3) is 0.222. The van der Waals surface area contributed by atoms with E-state index in [0.29, 0.717) is 11.8 Å². The van der Waals surface area contributed by atoms with Gasteiger partial charge in [0, 0.05) is 12.0 Å². The highest BCUT2D eigenvalue weighted by Gasteiger charge is 2.24. The minimum absolute atomic E-state index is 0.0862. The zero-order chi connectivity index (χ0) is 9.90. The van der Waals surface area contributed by atoms with Crippen LogP contribution in [0.4, 0.5) is 8.78 Å². The molecule has 0 heterocycles. The highest BCUT2D eigenvalue weighted by molar-refractivity contribution is 7.17. The van der Waals surface area contributed by atoms with Crippen molar-refractivity contribution in [1.29, 1.82) is 0 Å². The van der Waals surface area contributed by atoms with Crippen molar-refractivity contribution in [3.63, 3.8) is 0 Å². The van der Waals surface area contributed by atoms with Crippen LogP contribution < -0.4 is 0 Å². The lowest BCUT2D eigenvalue weighted by molar-refractivity contribution is -0.107. The molecule has 0 fully saturated rings. The highest BCUT2D eigenvalue weighted by Crippen LogP contribution is 2.34. The lowest BCUT2D eigenvalue weighted by Gasteiger charge is -2.10. The number of rotatable bonds is 3. The van der Waals surface area contributed by atoms with E-state index in [9.17, 15) is 13.6 Å². The molecule has 1 aromatic carbocycles. The standard InChI is InChI=1S/C9H9F2OP/c10-9(11,13)8-3-1-2-7(6-8)4-5-12/h1-3,5-6H,4,13H2. The minimum Gasteiger partial charge on any atom is -0.303 e. The highest BCUT2D eigenvalue weighted by atomic mass is 31.0. The maximum Gasteiger partial charge on any atom is 0.283 e. The summed E-state index contributed by atoms with van der Waals surface area (Å²) in [5, 5.41) is 0. The molecule has 1 rings (SSSR count). The van der Waals surface area contributed by atoms with Crippen LogP contribution in [0.25, 0.3) is 0 Å². The van der Waals surface area contributed by atoms with Gasteiger partial charge in [-0.2, -0.15) is 8.78 Å². The monoisotopic (exact) mass is 202 g/mol. The van der Waals surface area contributed by atoms with Crippen molar-refractivity contribution in [3.05, 3.63) is 35.4 Å². The van der Waals surface area contributed by atoms with Crippen LogP contribution in [0.3, 0.4) is 0 Å². The van der Waals surface area contributed by atoms with Gasteiger partial charge in [0.15, 0.2) is 0 Å². The summed E-state index contributed by atoms with van der Waals surface area (Å²) in [6, 6.07) is 5.84. The Labute approximate surface area is 77.3 Å². The maximum absolute atomic E-state index is 12.7. The first kappa shape index (κ1) is 10.3. The van der Waals surface area contributed by atoms with Crippen molar-refractivity contribution in [1.82, 2.24) is 0 Å². The molecule has 0 aromatic heterocycles. The largest absolute Gasteiger partial charge is 0.303 e. The molecule has 1 unspecified atom stereocenters. The molecule has 0 bridgehead atoms. The number of aldehydes is 1. The topological polar surface area (TPSA) is 17.1 Å². The van der Waals surface area contributed by atoms with E-state index in [0.717, 1.165) is 0 Å². The molecule has 0 aliphatic heterocycles. The number of carbonyl (C=O) groups is 1. The van der Waals surface area contributed by atoms with E-state index in [-0.39, 0.29) is 12.0 Å². The van der Waals surface area contributed by atoms with Gasteiger partial charge in [-0.25, -0.2) is 0 Å². The smallest absolute Gasteiger partial charge is 0.283 e. The third-order valence-corrected chi connectivity index (χ3v) is 1.96. The molecule has 0 saturated heterocycles. The molecule has 0 N–H and O–H groups in total. The molecule has 4 heteroatoms. The Hall–Kier alpha value is -0.820. The van der Waals surface area contributed by atoms with Crippen molar-refractivity contribution < 1.29 is 13.6 Å². The summed E-state index contributed by atoms with van der Waals surface area (Å²) in [5.41, 5.74) is -2.40. The van der Waals surface area contributed by atoms with Crippen LogP contribution in [0.15, 0.2) is 24.3 Å². The Morgan fingerprint density at radius 1 is 1.46 bits per heavy atom. The molecule has 1 aromatic rings. The first-order chi connectivity index (χ1) is 6.04. The summed E-state index contributed by atoms with van der Waals surface area (Å²) in [6.45, 7) is 0. The number of hydrogen-bond donors (Lipinski definition) is 0. The zero-order valence-corrected chi connectivity index (χ0v) is 7.99. The van der Waals surface area contributed by atoms with Crippen molar-refractivity contribution in [3.8, 4) is 0 Å². The molecule has 0 radical (unpaired) electrons. The predicted molar refractivity (Wildman–Crippen MR) is 49.8 cm³/mol. The van der Waals surface area contributed by atoms with Crippen LogP contribution in [-0.2, 0) is 16.9 Å². The van der Waals surface area contributed by atoms with Gasteiger partial charge in [-0.1, -0.05) is 27.4 Å². The Morgan fingerprint density at radius 2 is 2.15 bits per heavy atom. The third-order valence-electron chi connectivity index (χ3n) is 1.63. The summed E-state index contributed by atoms with van der Waals surface area (Å²) in [7, 11) is 1.47. The number of hydrogen-bond acceptors (Lipinski definition) is 1. The van der Waals surface area contributed by atoms with E-state index >= 15 is 0 Å². The van der Waals surface area contributed by atoms with Crippen LogP contribution in [0.5, 0.6) is 0 Å². The molecule has 1 atom stereocenters. The number of alkyl halides is 2. The van der Waals surface area contributed by atoms with E-state index in [1.807, 2.05) is 0 Å². The molecule has 1 nitrogen and oxygen atoms in total. The number of carbonyl (C=O) groups excluding carboxylic acids is 1. The summed E-state index contributed by atoms with van der Waals surface area (Å²) in [4.78, 5) is 10.1. The average Bonchev–Trinajstić information content (AvgIpc) is 2.04. The Balaban J connectivity index is 2.98. The molecule has 0 spiro atoms. The fourth-order valence-electron chi connectivity index (χ4n) is 1.00. The fourth-order valence-corrected chi connectivity index (χ4v) is 1.18. The van der Waals surface area contributed by atoms with Gasteiger partial charge in [0.1, 0.15) is 6.29 Å². The van der Waals surface area contributed by atoms with Crippen LogP contribution >= 0.6 is 9.24 Å². The van der Waals surface area contributed by atoms with Crippen LogP contribution in [0.2, 0.25) is 0 Å². The summed E-state index contributed by atoms with van der Waals surface area (Å²) >= 11 is 0. The van der Waals surface area contributed by atoms with Crippen LogP contribution in [0, 0.1) is 0 Å². The van der Waals surface area contributed by atoms with Gasteiger partial charge in [-0.15, -0.1) is 0 Å². The van der Waals surface area contributed by atoms with Gasteiger partial charge < -0.3 is 4.79 Å². The Morgan fingerprint density at radius 3 is 2.69 bits per heavy atom. The van der Waals surface area contributed by atoms with Crippen LogP contribution in [0.1, 0.15) is 11.1 Å². The summed E-state index contributed by atoms with van der Waals surface area (Å²) < 4.78 is 25.5. The Bertz CT molecular complexity index is 307. The van der Waals surface area contributed by atoms with E-state index < -0.39 is 5.66 Å². The second-order valence-corrected chi connectivity index (χ2v) is 3.42. The van der Waals surface area contributed by atoms with Crippen molar-refractivity contribution in [2.24, 2.45) is 0 Å². The zero-order valence-electron chi connectivity index (χ0n) is 6.84. The molecule has 0 saturated carbocycles. The molecule has 0 aliphatic rings. The van der Waals surface area contributed by atoms with E-state index in [2.05, 4.69) is 0 Å². The predicted octanol–water partition coefficient (Wildman–Crippen LogP) is 2.35. The normalized spacial score (nSPS) is 11.3. The van der Waals surface area contributed by atoms with Crippen LogP contribution in [-0.4, -0.2) is 6.29 Å². The first-order valence-corrected chi connectivity index (χ1v) is 4.31. The average molecular weight is 202 g/mol. The Kier molecular flexibility index (Phi) is 3.10. The summed E-state index contributed by atoms with van der Waals surface area (Å²) in [5.74, 6) is 0. The lowest BCUT2D eigenvalue weighted by Crippen LogP contribution is -2.02. The molecule has 70 valence electrons. The molecular weight excluding hydrogens is 193 g/mol. The van der Waals surface area contributed by atoms with Gasteiger partial charge in [0.25, 0.3) is 5.66 Å². The summed E-state index contributed by atoms with van der Waals surface area (Å²) in [6.07, 6.45) is 0.870. The molecular formula is C9H9F2OP. The molecule has 0 amide bonds. The lowest BCUT2D eigenvalue weighted by atomic mass is 10.1. The molecule has 13 heavy (non-hydrogen) atoms. The first-order valence-electron chi connectivity index (χ1n) is 3.74. The quantitative estimate of drug-likeness (QED) is 0.543. The van der Waals surface area contributed by atoms with Gasteiger partial charge in [0.05, 0.1) is 0 Å².